The summed E-state index contributed by atoms with van der Waals surface area (Å²) >= 11 is 0. The molecule has 2 atom stereocenters. The maximum absolute atomic E-state index is 6.08. The van der Waals surface area contributed by atoms with Crippen LogP contribution < -0.4 is 5.73 Å². The Labute approximate surface area is 81.2 Å². The van der Waals surface area contributed by atoms with Crippen molar-refractivity contribution in [3.8, 4) is 0 Å². The highest BCUT2D eigenvalue weighted by molar-refractivity contribution is 4.74. The van der Waals surface area contributed by atoms with E-state index in [1.54, 1.807) is 0 Å². The Balaban J connectivity index is 2.21. The first-order valence-electron chi connectivity index (χ1n) is 5.29. The van der Waals surface area contributed by atoms with Crippen LogP contribution in [0.1, 0.15) is 20.3 Å². The van der Waals surface area contributed by atoms with Crippen LogP contribution in [0.4, 0.5) is 0 Å². The van der Waals surface area contributed by atoms with Gasteiger partial charge >= 0.3 is 0 Å². The molecule has 0 aromatic rings. The lowest BCUT2D eigenvalue weighted by molar-refractivity contribution is 0.0328. The van der Waals surface area contributed by atoms with Crippen LogP contribution >= 0.6 is 0 Å². The molecule has 1 fully saturated rings. The SMILES string of the molecule is CC[C@H](C)[C@H](N)CN1CCOCC1. The molecule has 78 valence electrons. The molecule has 0 bridgehead atoms. The minimum absolute atomic E-state index is 0.322. The zero-order valence-corrected chi connectivity index (χ0v) is 8.83. The lowest BCUT2D eigenvalue weighted by Gasteiger charge is -2.30. The number of rotatable bonds is 4. The third-order valence-electron chi connectivity index (χ3n) is 2.95. The van der Waals surface area contributed by atoms with Gasteiger partial charge in [-0.05, 0) is 5.92 Å². The van der Waals surface area contributed by atoms with Crippen molar-refractivity contribution in [3.63, 3.8) is 0 Å². The molecule has 3 heteroatoms. The summed E-state index contributed by atoms with van der Waals surface area (Å²) in [5, 5.41) is 0. The van der Waals surface area contributed by atoms with Gasteiger partial charge in [0.1, 0.15) is 0 Å². The van der Waals surface area contributed by atoms with E-state index in [0.717, 1.165) is 32.8 Å². The largest absolute Gasteiger partial charge is 0.379 e. The molecule has 0 aromatic heterocycles. The van der Waals surface area contributed by atoms with E-state index in [9.17, 15) is 0 Å². The number of hydrogen-bond donors (Lipinski definition) is 1. The zero-order valence-electron chi connectivity index (χ0n) is 8.83. The van der Waals surface area contributed by atoms with Crippen LogP contribution in [-0.4, -0.2) is 43.8 Å². The second-order valence-corrected chi connectivity index (χ2v) is 3.96. The van der Waals surface area contributed by atoms with Gasteiger partial charge in [0.15, 0.2) is 0 Å². The van der Waals surface area contributed by atoms with Crippen molar-refractivity contribution in [3.05, 3.63) is 0 Å². The van der Waals surface area contributed by atoms with E-state index in [4.69, 9.17) is 10.5 Å². The molecule has 0 saturated carbocycles. The monoisotopic (exact) mass is 186 g/mol. The lowest BCUT2D eigenvalue weighted by Crippen LogP contribution is -2.45. The highest BCUT2D eigenvalue weighted by Gasteiger charge is 2.17. The highest BCUT2D eigenvalue weighted by atomic mass is 16.5. The van der Waals surface area contributed by atoms with Crippen molar-refractivity contribution < 1.29 is 4.74 Å². The first-order valence-corrected chi connectivity index (χ1v) is 5.29. The molecule has 2 N–H and O–H groups in total. The summed E-state index contributed by atoms with van der Waals surface area (Å²) in [5.74, 6) is 0.628. The molecule has 0 amide bonds. The number of hydrogen-bond acceptors (Lipinski definition) is 3. The Morgan fingerprint density at radius 1 is 1.38 bits per heavy atom. The summed E-state index contributed by atoms with van der Waals surface area (Å²) < 4.78 is 5.29. The molecule has 1 aliphatic rings. The van der Waals surface area contributed by atoms with Gasteiger partial charge in [0.05, 0.1) is 13.2 Å². The van der Waals surface area contributed by atoms with Crippen LogP contribution in [0.15, 0.2) is 0 Å². The predicted molar refractivity (Wildman–Crippen MR) is 54.7 cm³/mol. The Morgan fingerprint density at radius 3 is 2.54 bits per heavy atom. The molecule has 3 nitrogen and oxygen atoms in total. The average Bonchev–Trinajstić information content (AvgIpc) is 2.18. The van der Waals surface area contributed by atoms with Crippen LogP contribution in [0, 0.1) is 5.92 Å². The lowest BCUT2D eigenvalue weighted by atomic mass is 9.99. The van der Waals surface area contributed by atoms with Gasteiger partial charge in [-0.2, -0.15) is 0 Å². The molecular weight excluding hydrogens is 164 g/mol. The molecule has 0 unspecified atom stereocenters. The summed E-state index contributed by atoms with van der Waals surface area (Å²) in [7, 11) is 0. The Hall–Kier alpha value is -0.120. The fourth-order valence-corrected chi connectivity index (χ4v) is 1.56. The second kappa shape index (κ2) is 5.58. The fourth-order valence-electron chi connectivity index (χ4n) is 1.56. The Kier molecular flexibility index (Phi) is 4.70. The quantitative estimate of drug-likeness (QED) is 0.702. The third kappa shape index (κ3) is 3.63. The van der Waals surface area contributed by atoms with Crippen LogP contribution in [-0.2, 0) is 4.74 Å². The van der Waals surface area contributed by atoms with Crippen molar-refractivity contribution in [1.82, 2.24) is 4.90 Å². The van der Waals surface area contributed by atoms with Gasteiger partial charge in [0.2, 0.25) is 0 Å². The molecule has 1 heterocycles. The number of nitrogens with zero attached hydrogens (tertiary/aromatic N) is 1. The maximum atomic E-state index is 6.08. The van der Waals surface area contributed by atoms with Gasteiger partial charge in [-0.3, -0.25) is 4.90 Å². The molecule has 13 heavy (non-hydrogen) atoms. The first-order chi connectivity index (χ1) is 6.24. The standard InChI is InChI=1S/C10H22N2O/c1-3-9(2)10(11)8-12-4-6-13-7-5-12/h9-10H,3-8,11H2,1-2H3/t9-,10+/m0/s1. The first kappa shape index (κ1) is 11.0. The van der Waals surface area contributed by atoms with Crippen LogP contribution in [0.2, 0.25) is 0 Å². The van der Waals surface area contributed by atoms with E-state index >= 15 is 0 Å². The smallest absolute Gasteiger partial charge is 0.0594 e. The summed E-state index contributed by atoms with van der Waals surface area (Å²) in [6, 6.07) is 0.322. The number of ether oxygens (including phenoxy) is 1. The van der Waals surface area contributed by atoms with E-state index in [-0.39, 0.29) is 0 Å². The van der Waals surface area contributed by atoms with Crippen LogP contribution in [0.25, 0.3) is 0 Å². The van der Waals surface area contributed by atoms with Gasteiger partial charge in [-0.1, -0.05) is 20.3 Å². The molecule has 0 aromatic carbocycles. The van der Waals surface area contributed by atoms with Crippen molar-refractivity contribution in [1.29, 1.82) is 0 Å². The molecule has 0 radical (unpaired) electrons. The Bertz CT molecular complexity index is 135. The average molecular weight is 186 g/mol. The third-order valence-corrected chi connectivity index (χ3v) is 2.95. The maximum Gasteiger partial charge on any atom is 0.0594 e. The number of morpholine rings is 1. The highest BCUT2D eigenvalue weighted by Crippen LogP contribution is 2.07. The van der Waals surface area contributed by atoms with Gasteiger partial charge in [-0.25, -0.2) is 0 Å². The van der Waals surface area contributed by atoms with Gasteiger partial charge < -0.3 is 10.5 Å². The van der Waals surface area contributed by atoms with Crippen molar-refractivity contribution in [2.75, 3.05) is 32.8 Å². The summed E-state index contributed by atoms with van der Waals surface area (Å²) in [6.07, 6.45) is 1.17. The van der Waals surface area contributed by atoms with Crippen molar-refractivity contribution in [2.24, 2.45) is 11.7 Å². The molecule has 0 aliphatic carbocycles. The molecule has 1 rings (SSSR count). The van der Waals surface area contributed by atoms with Crippen LogP contribution in [0.3, 0.4) is 0 Å². The zero-order chi connectivity index (χ0) is 9.68. The molecular formula is C10H22N2O. The van der Waals surface area contributed by atoms with E-state index in [0.29, 0.717) is 12.0 Å². The van der Waals surface area contributed by atoms with Crippen LogP contribution in [0.5, 0.6) is 0 Å². The predicted octanol–water partition coefficient (Wildman–Crippen LogP) is 0.692. The minimum atomic E-state index is 0.322. The van der Waals surface area contributed by atoms with E-state index in [1.807, 2.05) is 0 Å². The topological polar surface area (TPSA) is 38.5 Å². The van der Waals surface area contributed by atoms with E-state index in [2.05, 4.69) is 18.7 Å². The summed E-state index contributed by atoms with van der Waals surface area (Å²) in [5.41, 5.74) is 6.08. The minimum Gasteiger partial charge on any atom is -0.379 e. The van der Waals surface area contributed by atoms with Crippen molar-refractivity contribution >= 4 is 0 Å². The molecule has 1 saturated heterocycles. The summed E-state index contributed by atoms with van der Waals surface area (Å²) in [6.45, 7) is 9.28. The normalized spacial score (nSPS) is 24.2. The fraction of sp³-hybridized carbons (Fsp3) is 1.00. The van der Waals surface area contributed by atoms with Gasteiger partial charge in [0.25, 0.3) is 0 Å². The molecule has 1 aliphatic heterocycles. The van der Waals surface area contributed by atoms with E-state index < -0.39 is 0 Å². The van der Waals surface area contributed by atoms with Crippen molar-refractivity contribution in [2.45, 2.75) is 26.3 Å². The van der Waals surface area contributed by atoms with Gasteiger partial charge in [0, 0.05) is 25.7 Å². The summed E-state index contributed by atoms with van der Waals surface area (Å²) in [4.78, 5) is 2.40. The molecule has 0 spiro atoms. The second-order valence-electron chi connectivity index (χ2n) is 3.96. The Morgan fingerprint density at radius 2 is 2.00 bits per heavy atom. The number of nitrogens with two attached hydrogens (primary N) is 1. The van der Waals surface area contributed by atoms with E-state index in [1.165, 1.54) is 6.42 Å². The van der Waals surface area contributed by atoms with Gasteiger partial charge in [-0.15, -0.1) is 0 Å².